The molecule has 0 saturated heterocycles. The topological polar surface area (TPSA) is 55.4 Å². The van der Waals surface area contributed by atoms with Gasteiger partial charge >= 0.3 is 5.97 Å². The number of benzene rings is 2. The smallest absolute Gasteiger partial charge is 0.331 e. The standard InChI is InChI=1S/C21H19NO3/c1-25-20(24)21(14-5-15-21)22-19(23)18-12-10-17(11-13-18)9-8-16-6-3-2-4-7-16/h2-4,6-7,10-13H,5,14-15H2,1H3,(H,22,23). The van der Waals surface area contributed by atoms with Crippen LogP contribution in [0.4, 0.5) is 0 Å². The first-order valence-electron chi connectivity index (χ1n) is 8.21. The van der Waals surface area contributed by atoms with Crippen molar-refractivity contribution >= 4 is 11.9 Å². The van der Waals surface area contributed by atoms with Gasteiger partial charge in [-0.05, 0) is 55.7 Å². The summed E-state index contributed by atoms with van der Waals surface area (Å²) in [6.07, 6.45) is 2.14. The van der Waals surface area contributed by atoms with E-state index in [2.05, 4.69) is 17.2 Å². The lowest BCUT2D eigenvalue weighted by atomic mass is 9.76. The van der Waals surface area contributed by atoms with E-state index in [1.165, 1.54) is 7.11 Å². The minimum atomic E-state index is -0.863. The van der Waals surface area contributed by atoms with Gasteiger partial charge < -0.3 is 10.1 Å². The molecular formula is C21H19NO3. The maximum absolute atomic E-state index is 12.4. The van der Waals surface area contributed by atoms with Crippen molar-refractivity contribution in [1.82, 2.24) is 5.32 Å². The van der Waals surface area contributed by atoms with Crippen molar-refractivity contribution in [1.29, 1.82) is 0 Å². The van der Waals surface area contributed by atoms with Crippen LogP contribution in [0.5, 0.6) is 0 Å². The van der Waals surface area contributed by atoms with E-state index in [9.17, 15) is 9.59 Å². The molecule has 4 nitrogen and oxygen atoms in total. The Morgan fingerprint density at radius 3 is 2.08 bits per heavy atom. The second-order valence-electron chi connectivity index (χ2n) is 6.07. The number of hydrogen-bond acceptors (Lipinski definition) is 3. The predicted octanol–water partition coefficient (Wildman–Crippen LogP) is 2.91. The van der Waals surface area contributed by atoms with Crippen molar-refractivity contribution < 1.29 is 14.3 Å². The Balaban J connectivity index is 1.69. The molecule has 0 spiro atoms. The third-order valence-corrected chi connectivity index (χ3v) is 4.41. The molecule has 4 heteroatoms. The van der Waals surface area contributed by atoms with Gasteiger partial charge in [0.2, 0.25) is 0 Å². The van der Waals surface area contributed by atoms with E-state index in [-0.39, 0.29) is 11.9 Å². The maximum Gasteiger partial charge on any atom is 0.331 e. The highest BCUT2D eigenvalue weighted by Gasteiger charge is 2.46. The zero-order valence-electron chi connectivity index (χ0n) is 14.0. The molecule has 2 aromatic rings. The molecule has 0 bridgehead atoms. The summed E-state index contributed by atoms with van der Waals surface area (Å²) in [4.78, 5) is 24.3. The third-order valence-electron chi connectivity index (χ3n) is 4.41. The number of amides is 1. The average Bonchev–Trinajstić information content (AvgIpc) is 2.63. The van der Waals surface area contributed by atoms with Crippen molar-refractivity contribution in [2.45, 2.75) is 24.8 Å². The van der Waals surface area contributed by atoms with Gasteiger partial charge in [0.05, 0.1) is 7.11 Å². The van der Waals surface area contributed by atoms with E-state index >= 15 is 0 Å². The quantitative estimate of drug-likeness (QED) is 0.694. The van der Waals surface area contributed by atoms with Crippen LogP contribution in [0.15, 0.2) is 54.6 Å². The molecule has 0 atom stereocenters. The number of methoxy groups -OCH3 is 1. The summed E-state index contributed by atoms with van der Waals surface area (Å²) < 4.78 is 4.82. The lowest BCUT2D eigenvalue weighted by molar-refractivity contribution is -0.152. The van der Waals surface area contributed by atoms with Gasteiger partial charge in [-0.2, -0.15) is 0 Å². The van der Waals surface area contributed by atoms with Crippen LogP contribution in [-0.2, 0) is 9.53 Å². The first-order chi connectivity index (χ1) is 12.1. The second-order valence-corrected chi connectivity index (χ2v) is 6.07. The highest BCUT2D eigenvalue weighted by Crippen LogP contribution is 2.33. The monoisotopic (exact) mass is 333 g/mol. The first-order valence-corrected chi connectivity index (χ1v) is 8.21. The fourth-order valence-electron chi connectivity index (χ4n) is 2.77. The molecule has 1 aliphatic rings. The van der Waals surface area contributed by atoms with Gasteiger partial charge in [-0.3, -0.25) is 4.79 Å². The molecule has 1 N–H and O–H groups in total. The lowest BCUT2D eigenvalue weighted by Gasteiger charge is -2.39. The highest BCUT2D eigenvalue weighted by molar-refractivity contribution is 5.98. The Hall–Kier alpha value is -3.06. The average molecular weight is 333 g/mol. The summed E-state index contributed by atoms with van der Waals surface area (Å²) >= 11 is 0. The number of ether oxygens (including phenoxy) is 1. The Bertz CT molecular complexity index is 825. The molecule has 0 aromatic heterocycles. The van der Waals surface area contributed by atoms with E-state index in [4.69, 9.17) is 4.74 Å². The van der Waals surface area contributed by atoms with E-state index in [0.717, 1.165) is 17.5 Å². The van der Waals surface area contributed by atoms with Gasteiger partial charge in [0, 0.05) is 16.7 Å². The molecule has 0 unspecified atom stereocenters. The summed E-state index contributed by atoms with van der Waals surface area (Å²) in [7, 11) is 1.34. The molecule has 0 radical (unpaired) electrons. The van der Waals surface area contributed by atoms with Gasteiger partial charge in [0.15, 0.2) is 0 Å². The van der Waals surface area contributed by atoms with Crippen molar-refractivity contribution in [3.63, 3.8) is 0 Å². The third kappa shape index (κ3) is 3.72. The number of nitrogens with one attached hydrogen (secondary N) is 1. The van der Waals surface area contributed by atoms with Gasteiger partial charge in [0.25, 0.3) is 5.91 Å². The van der Waals surface area contributed by atoms with Crippen LogP contribution in [-0.4, -0.2) is 24.5 Å². The summed E-state index contributed by atoms with van der Waals surface area (Å²) in [5.74, 6) is 5.50. The van der Waals surface area contributed by atoms with Gasteiger partial charge in [-0.1, -0.05) is 30.0 Å². The van der Waals surface area contributed by atoms with Gasteiger partial charge in [0.1, 0.15) is 5.54 Å². The Morgan fingerprint density at radius 2 is 1.56 bits per heavy atom. The number of esters is 1. The van der Waals surface area contributed by atoms with Crippen molar-refractivity contribution in [2.24, 2.45) is 0 Å². The molecule has 1 fully saturated rings. The van der Waals surface area contributed by atoms with Crippen LogP contribution in [0.25, 0.3) is 0 Å². The Morgan fingerprint density at radius 1 is 0.960 bits per heavy atom. The molecule has 2 aromatic carbocycles. The molecular weight excluding hydrogens is 314 g/mol. The van der Waals surface area contributed by atoms with Crippen LogP contribution in [0.1, 0.15) is 40.7 Å². The molecule has 1 amide bonds. The predicted molar refractivity (Wildman–Crippen MR) is 94.9 cm³/mol. The normalized spacial score (nSPS) is 14.4. The molecule has 126 valence electrons. The number of rotatable bonds is 3. The molecule has 0 heterocycles. The van der Waals surface area contributed by atoms with Crippen LogP contribution >= 0.6 is 0 Å². The molecule has 25 heavy (non-hydrogen) atoms. The fourth-order valence-corrected chi connectivity index (χ4v) is 2.77. The van der Waals surface area contributed by atoms with E-state index in [0.29, 0.717) is 18.4 Å². The first kappa shape index (κ1) is 16.8. The van der Waals surface area contributed by atoms with Gasteiger partial charge in [-0.25, -0.2) is 4.79 Å². The zero-order valence-corrected chi connectivity index (χ0v) is 14.0. The maximum atomic E-state index is 12.4. The largest absolute Gasteiger partial charge is 0.467 e. The minimum Gasteiger partial charge on any atom is -0.467 e. The Kier molecular flexibility index (Phi) is 4.85. The Labute approximate surface area is 147 Å². The summed E-state index contributed by atoms with van der Waals surface area (Å²) in [5.41, 5.74) is 1.40. The number of carbonyl (C=O) groups is 2. The zero-order chi connectivity index (χ0) is 17.7. The molecule has 3 rings (SSSR count). The number of hydrogen-bond donors (Lipinski definition) is 1. The lowest BCUT2D eigenvalue weighted by Crippen LogP contribution is -2.59. The second kappa shape index (κ2) is 7.23. The van der Waals surface area contributed by atoms with Crippen LogP contribution in [0.3, 0.4) is 0 Å². The highest BCUT2D eigenvalue weighted by atomic mass is 16.5. The number of carbonyl (C=O) groups excluding carboxylic acids is 2. The molecule has 0 aliphatic heterocycles. The fraction of sp³-hybridized carbons (Fsp3) is 0.238. The van der Waals surface area contributed by atoms with Crippen molar-refractivity contribution in [3.8, 4) is 11.8 Å². The van der Waals surface area contributed by atoms with Gasteiger partial charge in [-0.15, -0.1) is 0 Å². The summed E-state index contributed by atoms with van der Waals surface area (Å²) in [6, 6.07) is 16.8. The minimum absolute atomic E-state index is 0.271. The van der Waals surface area contributed by atoms with E-state index in [1.807, 2.05) is 30.3 Å². The summed E-state index contributed by atoms with van der Waals surface area (Å²) in [6.45, 7) is 0. The van der Waals surface area contributed by atoms with Crippen molar-refractivity contribution in [2.75, 3.05) is 7.11 Å². The summed E-state index contributed by atoms with van der Waals surface area (Å²) in [5, 5.41) is 2.82. The van der Waals surface area contributed by atoms with E-state index in [1.54, 1.807) is 24.3 Å². The van der Waals surface area contributed by atoms with Crippen LogP contribution in [0, 0.1) is 11.8 Å². The van der Waals surface area contributed by atoms with E-state index < -0.39 is 5.54 Å². The van der Waals surface area contributed by atoms with Crippen LogP contribution in [0.2, 0.25) is 0 Å². The molecule has 1 aliphatic carbocycles. The van der Waals surface area contributed by atoms with Crippen LogP contribution < -0.4 is 5.32 Å². The SMILES string of the molecule is COC(=O)C1(NC(=O)c2ccc(C#Cc3ccccc3)cc2)CCC1. The van der Waals surface area contributed by atoms with Crippen molar-refractivity contribution in [3.05, 3.63) is 71.3 Å². The molecule has 1 saturated carbocycles.